The molecule has 0 rings (SSSR count). The van der Waals surface area contributed by atoms with Gasteiger partial charge < -0.3 is 14.2 Å². The van der Waals surface area contributed by atoms with E-state index in [0.29, 0.717) is 19.3 Å². The summed E-state index contributed by atoms with van der Waals surface area (Å²) in [5, 5.41) is 0. The summed E-state index contributed by atoms with van der Waals surface area (Å²) in [5.74, 6) is -0.867. The van der Waals surface area contributed by atoms with Crippen molar-refractivity contribution < 1.29 is 28.6 Å². The lowest BCUT2D eigenvalue weighted by Gasteiger charge is -2.18. The third-order valence-electron chi connectivity index (χ3n) is 14.1. The highest BCUT2D eigenvalue weighted by atomic mass is 16.6. The summed E-state index contributed by atoms with van der Waals surface area (Å²) in [6.07, 6.45) is 72.9. The minimum absolute atomic E-state index is 0.0736. The van der Waals surface area contributed by atoms with Crippen molar-refractivity contribution in [1.29, 1.82) is 0 Å². The fourth-order valence-corrected chi connectivity index (χ4v) is 9.35. The number of unbranched alkanes of at least 4 members (excludes halogenated alkanes) is 41. The number of carbonyl (C=O) groups is 3. The smallest absolute Gasteiger partial charge is 0.306 e. The Labute approximate surface area is 442 Å². The Morgan fingerprint density at radius 3 is 0.817 bits per heavy atom. The van der Waals surface area contributed by atoms with Crippen molar-refractivity contribution in [3.8, 4) is 0 Å². The van der Waals surface area contributed by atoms with Gasteiger partial charge in [0.15, 0.2) is 6.10 Å². The summed E-state index contributed by atoms with van der Waals surface area (Å²) < 4.78 is 16.9. The Kier molecular flexibility index (Phi) is 58.2. The SMILES string of the molecule is CCCCC/C=C\C/C=C\CCCCCCCC(=O)OC(COC(=O)CCCCCCCCCCCCCCC)COC(=O)CCCCCCCCCCCCCCC/C=C\CCCCCCCCCC. The van der Waals surface area contributed by atoms with E-state index < -0.39 is 6.10 Å². The van der Waals surface area contributed by atoms with E-state index in [4.69, 9.17) is 14.2 Å². The van der Waals surface area contributed by atoms with Gasteiger partial charge in [-0.3, -0.25) is 14.4 Å². The van der Waals surface area contributed by atoms with Gasteiger partial charge in [-0.15, -0.1) is 0 Å². The van der Waals surface area contributed by atoms with Crippen molar-refractivity contribution in [2.75, 3.05) is 13.2 Å². The van der Waals surface area contributed by atoms with E-state index >= 15 is 0 Å². The average Bonchev–Trinajstić information content (AvgIpc) is 3.37. The molecule has 0 saturated heterocycles. The Morgan fingerprint density at radius 2 is 0.507 bits per heavy atom. The summed E-state index contributed by atoms with van der Waals surface area (Å²) in [5.41, 5.74) is 0. The minimum atomic E-state index is -0.776. The topological polar surface area (TPSA) is 78.9 Å². The molecule has 0 aliphatic heterocycles. The van der Waals surface area contributed by atoms with Gasteiger partial charge in [0.2, 0.25) is 0 Å². The molecule has 0 amide bonds. The molecule has 6 heteroatoms. The summed E-state index contributed by atoms with van der Waals surface area (Å²) >= 11 is 0. The van der Waals surface area contributed by atoms with Crippen LogP contribution in [0.15, 0.2) is 36.5 Å². The monoisotopic (exact) mass is 997 g/mol. The van der Waals surface area contributed by atoms with Crippen LogP contribution in [0.2, 0.25) is 0 Å². The Morgan fingerprint density at radius 1 is 0.282 bits per heavy atom. The molecular weight excluding hydrogens is 877 g/mol. The number of carbonyl (C=O) groups excluding carboxylic acids is 3. The van der Waals surface area contributed by atoms with Crippen LogP contribution in [0.3, 0.4) is 0 Å². The van der Waals surface area contributed by atoms with Crippen molar-refractivity contribution in [3.05, 3.63) is 36.5 Å². The summed E-state index contributed by atoms with van der Waals surface area (Å²) in [6.45, 7) is 6.65. The van der Waals surface area contributed by atoms with Crippen LogP contribution in [-0.2, 0) is 28.6 Å². The third kappa shape index (κ3) is 58.4. The molecule has 416 valence electrons. The highest BCUT2D eigenvalue weighted by molar-refractivity contribution is 5.71. The Bertz CT molecular complexity index is 1190. The first kappa shape index (κ1) is 68.6. The van der Waals surface area contributed by atoms with Crippen LogP contribution < -0.4 is 0 Å². The highest BCUT2D eigenvalue weighted by Crippen LogP contribution is 2.17. The molecule has 0 heterocycles. The number of rotatable bonds is 58. The summed E-state index contributed by atoms with van der Waals surface area (Å²) in [4.78, 5) is 38.2. The fourth-order valence-electron chi connectivity index (χ4n) is 9.35. The van der Waals surface area contributed by atoms with Gasteiger partial charge in [-0.05, 0) is 77.0 Å². The van der Waals surface area contributed by atoms with E-state index in [0.717, 1.165) is 83.5 Å². The van der Waals surface area contributed by atoms with Gasteiger partial charge in [0.25, 0.3) is 0 Å². The molecule has 1 unspecified atom stereocenters. The quantitative estimate of drug-likeness (QED) is 0.0261. The molecular formula is C65H120O6. The normalized spacial score (nSPS) is 12.2. The van der Waals surface area contributed by atoms with Gasteiger partial charge in [-0.1, -0.05) is 282 Å². The van der Waals surface area contributed by atoms with Crippen LogP contribution in [0.5, 0.6) is 0 Å². The van der Waals surface area contributed by atoms with Gasteiger partial charge >= 0.3 is 17.9 Å². The largest absolute Gasteiger partial charge is 0.462 e. The van der Waals surface area contributed by atoms with Crippen molar-refractivity contribution >= 4 is 17.9 Å². The van der Waals surface area contributed by atoms with Gasteiger partial charge in [-0.25, -0.2) is 0 Å². The molecule has 0 aromatic rings. The standard InChI is InChI=1S/C65H120O6/c1-4-7-10-13-16-19-22-25-27-28-29-30-31-32-33-34-35-36-38-40-43-46-49-52-55-58-64(67)70-61-62(60-69-63(66)57-54-51-48-45-42-39-24-21-18-15-12-9-6-3)71-65(68)59-56-53-50-47-44-41-37-26-23-20-17-14-11-8-5-2/h17,20,26,28-29,37,62H,4-16,18-19,21-25,27,30-36,38-61H2,1-3H3/b20-17-,29-28-,37-26-. The lowest BCUT2D eigenvalue weighted by Crippen LogP contribution is -2.30. The zero-order valence-corrected chi connectivity index (χ0v) is 47.8. The molecule has 0 bridgehead atoms. The van der Waals surface area contributed by atoms with Crippen LogP contribution in [0.25, 0.3) is 0 Å². The van der Waals surface area contributed by atoms with Crippen molar-refractivity contribution in [1.82, 2.24) is 0 Å². The summed E-state index contributed by atoms with van der Waals surface area (Å²) in [6, 6.07) is 0. The number of hydrogen-bond acceptors (Lipinski definition) is 6. The minimum Gasteiger partial charge on any atom is -0.462 e. The number of allylic oxidation sites excluding steroid dienone is 6. The van der Waals surface area contributed by atoms with Gasteiger partial charge in [0, 0.05) is 19.3 Å². The molecule has 0 saturated carbocycles. The first-order chi connectivity index (χ1) is 35.0. The molecule has 71 heavy (non-hydrogen) atoms. The maximum Gasteiger partial charge on any atom is 0.306 e. The van der Waals surface area contributed by atoms with E-state index in [1.165, 1.54) is 218 Å². The van der Waals surface area contributed by atoms with E-state index in [1.54, 1.807) is 0 Å². The third-order valence-corrected chi connectivity index (χ3v) is 14.1. The second kappa shape index (κ2) is 60.2. The van der Waals surface area contributed by atoms with Crippen LogP contribution >= 0.6 is 0 Å². The zero-order valence-electron chi connectivity index (χ0n) is 47.8. The fraction of sp³-hybridized carbons (Fsp3) is 0.862. The predicted octanol–water partition coefficient (Wildman–Crippen LogP) is 21.2. The molecule has 0 aromatic heterocycles. The number of esters is 3. The molecule has 6 nitrogen and oxygen atoms in total. The van der Waals surface area contributed by atoms with Crippen LogP contribution in [0.1, 0.15) is 342 Å². The van der Waals surface area contributed by atoms with Gasteiger partial charge in [0.05, 0.1) is 0 Å². The molecule has 0 spiro atoms. The maximum atomic E-state index is 12.9. The second-order valence-corrected chi connectivity index (χ2v) is 21.3. The molecule has 1 atom stereocenters. The molecule has 0 N–H and O–H groups in total. The Hall–Kier alpha value is -2.37. The van der Waals surface area contributed by atoms with E-state index in [-0.39, 0.29) is 31.1 Å². The molecule has 0 aromatic carbocycles. The van der Waals surface area contributed by atoms with Crippen molar-refractivity contribution in [3.63, 3.8) is 0 Å². The lowest BCUT2D eigenvalue weighted by atomic mass is 10.0. The van der Waals surface area contributed by atoms with E-state index in [9.17, 15) is 14.4 Å². The highest BCUT2D eigenvalue weighted by Gasteiger charge is 2.19. The molecule has 0 aliphatic carbocycles. The van der Waals surface area contributed by atoms with Crippen LogP contribution in [-0.4, -0.2) is 37.2 Å². The van der Waals surface area contributed by atoms with Crippen LogP contribution in [0, 0.1) is 0 Å². The number of hydrogen-bond donors (Lipinski definition) is 0. The molecule has 0 radical (unpaired) electrons. The first-order valence-electron chi connectivity index (χ1n) is 31.5. The van der Waals surface area contributed by atoms with Crippen molar-refractivity contribution in [2.24, 2.45) is 0 Å². The molecule has 0 fully saturated rings. The van der Waals surface area contributed by atoms with Gasteiger partial charge in [0.1, 0.15) is 13.2 Å². The zero-order chi connectivity index (χ0) is 51.4. The average molecular weight is 998 g/mol. The predicted molar refractivity (Wildman–Crippen MR) is 307 cm³/mol. The Balaban J connectivity index is 4.24. The molecule has 0 aliphatic rings. The summed E-state index contributed by atoms with van der Waals surface area (Å²) in [7, 11) is 0. The van der Waals surface area contributed by atoms with Crippen molar-refractivity contribution in [2.45, 2.75) is 348 Å². The van der Waals surface area contributed by atoms with E-state index in [1.807, 2.05) is 0 Å². The number of ether oxygens (including phenoxy) is 3. The van der Waals surface area contributed by atoms with Crippen LogP contribution in [0.4, 0.5) is 0 Å². The first-order valence-corrected chi connectivity index (χ1v) is 31.5. The van der Waals surface area contributed by atoms with E-state index in [2.05, 4.69) is 57.2 Å². The second-order valence-electron chi connectivity index (χ2n) is 21.3. The van der Waals surface area contributed by atoms with Gasteiger partial charge in [-0.2, -0.15) is 0 Å². The lowest BCUT2D eigenvalue weighted by molar-refractivity contribution is -0.167. The maximum absolute atomic E-state index is 12.9.